The summed E-state index contributed by atoms with van der Waals surface area (Å²) in [6.07, 6.45) is 3.43. The highest BCUT2D eigenvalue weighted by Crippen LogP contribution is 2.02. The molecule has 24 heavy (non-hydrogen) atoms. The van der Waals surface area contributed by atoms with Crippen LogP contribution >= 0.6 is 0 Å². The molecule has 0 aliphatic heterocycles. The van der Waals surface area contributed by atoms with Crippen LogP contribution in [0.1, 0.15) is 27.9 Å². The SMILES string of the molecule is C=C(CC(=O)NCc1cccnc1)NNC(=O)c1ccc(C)cc1. The predicted molar refractivity (Wildman–Crippen MR) is 91.6 cm³/mol. The lowest BCUT2D eigenvalue weighted by Crippen LogP contribution is -2.38. The summed E-state index contributed by atoms with van der Waals surface area (Å²) in [6, 6.07) is 10.9. The normalized spacial score (nSPS) is 9.88. The number of benzene rings is 1. The van der Waals surface area contributed by atoms with E-state index in [1.807, 2.05) is 31.2 Å². The summed E-state index contributed by atoms with van der Waals surface area (Å²) in [4.78, 5) is 27.7. The van der Waals surface area contributed by atoms with Gasteiger partial charge >= 0.3 is 0 Å². The topological polar surface area (TPSA) is 83.1 Å². The molecule has 0 fully saturated rings. The first kappa shape index (κ1) is 17.2. The van der Waals surface area contributed by atoms with Crippen molar-refractivity contribution in [3.63, 3.8) is 0 Å². The van der Waals surface area contributed by atoms with E-state index in [4.69, 9.17) is 0 Å². The molecule has 0 radical (unpaired) electrons. The van der Waals surface area contributed by atoms with Gasteiger partial charge in [0, 0.05) is 30.2 Å². The molecule has 1 heterocycles. The maximum atomic E-state index is 11.9. The van der Waals surface area contributed by atoms with Gasteiger partial charge in [-0.3, -0.25) is 20.0 Å². The number of nitrogens with zero attached hydrogens (tertiary/aromatic N) is 1. The second kappa shape index (κ2) is 8.47. The smallest absolute Gasteiger partial charge is 0.269 e. The lowest BCUT2D eigenvalue weighted by Gasteiger charge is -2.11. The molecular formula is C18H20N4O2. The lowest BCUT2D eigenvalue weighted by atomic mass is 10.1. The number of pyridine rings is 1. The summed E-state index contributed by atoms with van der Waals surface area (Å²) >= 11 is 0. The molecule has 0 saturated carbocycles. The molecule has 2 rings (SSSR count). The molecule has 0 atom stereocenters. The highest BCUT2D eigenvalue weighted by atomic mass is 16.2. The molecule has 3 N–H and O–H groups in total. The Morgan fingerprint density at radius 3 is 2.54 bits per heavy atom. The standard InChI is InChI=1S/C18H20N4O2/c1-13-5-7-16(8-6-13)18(24)22-21-14(2)10-17(23)20-12-15-4-3-9-19-11-15/h3-9,11,21H,2,10,12H2,1H3,(H,20,23)(H,22,24). The zero-order valence-electron chi connectivity index (χ0n) is 13.5. The molecule has 0 aliphatic rings. The molecular weight excluding hydrogens is 304 g/mol. The number of hydrazine groups is 1. The number of rotatable bonds is 7. The summed E-state index contributed by atoms with van der Waals surface area (Å²) in [7, 11) is 0. The van der Waals surface area contributed by atoms with Crippen LogP contribution in [0.15, 0.2) is 61.1 Å². The molecule has 6 nitrogen and oxygen atoms in total. The predicted octanol–water partition coefficient (Wildman–Crippen LogP) is 1.84. The van der Waals surface area contributed by atoms with Gasteiger partial charge in [-0.2, -0.15) is 0 Å². The van der Waals surface area contributed by atoms with Crippen LogP contribution in [-0.4, -0.2) is 16.8 Å². The van der Waals surface area contributed by atoms with Crippen molar-refractivity contribution in [3.8, 4) is 0 Å². The van der Waals surface area contributed by atoms with E-state index < -0.39 is 0 Å². The van der Waals surface area contributed by atoms with Crippen molar-refractivity contribution < 1.29 is 9.59 Å². The average Bonchev–Trinajstić information content (AvgIpc) is 2.59. The maximum Gasteiger partial charge on any atom is 0.269 e. The van der Waals surface area contributed by atoms with Crippen molar-refractivity contribution in [1.29, 1.82) is 0 Å². The van der Waals surface area contributed by atoms with E-state index in [-0.39, 0.29) is 18.2 Å². The minimum atomic E-state index is -0.285. The molecule has 1 aromatic carbocycles. The van der Waals surface area contributed by atoms with Crippen LogP contribution in [0.2, 0.25) is 0 Å². The van der Waals surface area contributed by atoms with E-state index in [1.54, 1.807) is 24.5 Å². The number of hydrogen-bond acceptors (Lipinski definition) is 4. The van der Waals surface area contributed by atoms with Crippen molar-refractivity contribution in [1.82, 2.24) is 21.2 Å². The van der Waals surface area contributed by atoms with Crippen LogP contribution in [0.25, 0.3) is 0 Å². The number of carbonyl (C=O) groups is 2. The first-order valence-corrected chi connectivity index (χ1v) is 7.51. The Morgan fingerprint density at radius 1 is 1.12 bits per heavy atom. The molecule has 1 aromatic heterocycles. The molecule has 2 aromatic rings. The van der Waals surface area contributed by atoms with Gasteiger partial charge in [-0.25, -0.2) is 0 Å². The lowest BCUT2D eigenvalue weighted by molar-refractivity contribution is -0.120. The highest BCUT2D eigenvalue weighted by molar-refractivity contribution is 5.94. The van der Waals surface area contributed by atoms with Crippen molar-refractivity contribution in [3.05, 3.63) is 77.8 Å². The Bertz CT molecular complexity index is 712. The van der Waals surface area contributed by atoms with Crippen LogP contribution in [0.3, 0.4) is 0 Å². The average molecular weight is 324 g/mol. The summed E-state index contributed by atoms with van der Waals surface area (Å²) in [5.41, 5.74) is 8.10. The maximum absolute atomic E-state index is 11.9. The van der Waals surface area contributed by atoms with Crippen LogP contribution in [0, 0.1) is 6.92 Å². The van der Waals surface area contributed by atoms with Gasteiger partial charge in [0.2, 0.25) is 5.91 Å². The van der Waals surface area contributed by atoms with E-state index in [9.17, 15) is 9.59 Å². The fraction of sp³-hybridized carbons (Fsp3) is 0.167. The number of aromatic nitrogens is 1. The third-order valence-electron chi connectivity index (χ3n) is 3.25. The van der Waals surface area contributed by atoms with Crippen molar-refractivity contribution in [2.45, 2.75) is 19.9 Å². The Morgan fingerprint density at radius 2 is 1.88 bits per heavy atom. The second-order valence-electron chi connectivity index (χ2n) is 5.36. The first-order chi connectivity index (χ1) is 11.5. The summed E-state index contributed by atoms with van der Waals surface area (Å²) < 4.78 is 0. The molecule has 124 valence electrons. The molecule has 0 saturated heterocycles. The van der Waals surface area contributed by atoms with E-state index in [1.165, 1.54) is 0 Å². The third-order valence-corrected chi connectivity index (χ3v) is 3.25. The Balaban J connectivity index is 1.71. The number of hydrogen-bond donors (Lipinski definition) is 3. The molecule has 0 bridgehead atoms. The van der Waals surface area contributed by atoms with Crippen molar-refractivity contribution >= 4 is 11.8 Å². The minimum absolute atomic E-state index is 0.0639. The van der Waals surface area contributed by atoms with Crippen LogP contribution in [0.5, 0.6) is 0 Å². The quantitative estimate of drug-likeness (QED) is 0.679. The van der Waals surface area contributed by atoms with Crippen molar-refractivity contribution in [2.75, 3.05) is 0 Å². The van der Waals surface area contributed by atoms with E-state index in [0.29, 0.717) is 17.8 Å². The minimum Gasteiger partial charge on any atom is -0.352 e. The van der Waals surface area contributed by atoms with Crippen LogP contribution in [0.4, 0.5) is 0 Å². The summed E-state index contributed by atoms with van der Waals surface area (Å²) in [5, 5.41) is 2.76. The summed E-state index contributed by atoms with van der Waals surface area (Å²) in [6.45, 7) is 6.08. The van der Waals surface area contributed by atoms with Gasteiger partial charge in [-0.1, -0.05) is 30.3 Å². The molecule has 0 aliphatic carbocycles. The third kappa shape index (κ3) is 5.57. The number of amides is 2. The van der Waals surface area contributed by atoms with Gasteiger partial charge in [0.1, 0.15) is 0 Å². The Labute approximate surface area is 141 Å². The molecule has 0 spiro atoms. The fourth-order valence-corrected chi connectivity index (χ4v) is 1.93. The van der Waals surface area contributed by atoms with E-state index in [0.717, 1.165) is 11.1 Å². The molecule has 6 heteroatoms. The first-order valence-electron chi connectivity index (χ1n) is 7.51. The van der Waals surface area contributed by atoms with Gasteiger partial charge in [-0.15, -0.1) is 0 Å². The molecule has 2 amide bonds. The van der Waals surface area contributed by atoms with E-state index >= 15 is 0 Å². The number of nitrogens with one attached hydrogen (secondary N) is 3. The van der Waals surface area contributed by atoms with E-state index in [2.05, 4.69) is 27.7 Å². The highest BCUT2D eigenvalue weighted by Gasteiger charge is 2.07. The van der Waals surface area contributed by atoms with Gasteiger partial charge in [0.25, 0.3) is 5.91 Å². The number of aryl methyl sites for hydroxylation is 1. The van der Waals surface area contributed by atoms with Gasteiger partial charge < -0.3 is 10.7 Å². The monoisotopic (exact) mass is 324 g/mol. The Hall–Kier alpha value is -3.15. The van der Waals surface area contributed by atoms with Gasteiger partial charge in [0.05, 0.1) is 6.42 Å². The van der Waals surface area contributed by atoms with Gasteiger partial charge in [-0.05, 0) is 30.7 Å². The zero-order chi connectivity index (χ0) is 17.4. The van der Waals surface area contributed by atoms with Crippen LogP contribution < -0.4 is 16.2 Å². The largest absolute Gasteiger partial charge is 0.352 e. The zero-order valence-corrected chi connectivity index (χ0v) is 13.5. The van der Waals surface area contributed by atoms with Crippen LogP contribution in [-0.2, 0) is 11.3 Å². The second-order valence-corrected chi connectivity index (χ2v) is 5.36. The number of carbonyl (C=O) groups excluding carboxylic acids is 2. The Kier molecular flexibility index (Phi) is 6.08. The fourth-order valence-electron chi connectivity index (χ4n) is 1.93. The van der Waals surface area contributed by atoms with Crippen molar-refractivity contribution in [2.24, 2.45) is 0 Å². The van der Waals surface area contributed by atoms with Gasteiger partial charge in [0.15, 0.2) is 0 Å². The summed E-state index contributed by atoms with van der Waals surface area (Å²) in [5.74, 6) is -0.479. The molecule has 0 unspecified atom stereocenters.